The minimum Gasteiger partial charge on any atom is -0.400 e. The molecule has 1 unspecified atom stereocenters. The average molecular weight is 260 g/mol. The van der Waals surface area contributed by atoms with Gasteiger partial charge in [0, 0.05) is 6.04 Å². The summed E-state index contributed by atoms with van der Waals surface area (Å²) in [5.74, 6) is 0. The van der Waals surface area contributed by atoms with Crippen molar-refractivity contribution in [2.24, 2.45) is 0 Å². The second-order valence-electron chi connectivity index (χ2n) is 5.82. The summed E-state index contributed by atoms with van der Waals surface area (Å²) in [7, 11) is -0.158. The Morgan fingerprint density at radius 3 is 2.24 bits per heavy atom. The van der Waals surface area contributed by atoms with Gasteiger partial charge in [-0.15, -0.1) is 12.4 Å². The predicted molar refractivity (Wildman–Crippen MR) is 73.5 cm³/mol. The maximum absolute atomic E-state index is 6.03. The molecule has 5 heteroatoms. The highest BCUT2D eigenvalue weighted by molar-refractivity contribution is 6.54. The lowest BCUT2D eigenvalue weighted by Gasteiger charge is -2.32. The van der Waals surface area contributed by atoms with E-state index in [1.54, 1.807) is 0 Å². The number of nitrogens with one attached hydrogen (secondary N) is 1. The third-order valence-corrected chi connectivity index (χ3v) is 3.90. The summed E-state index contributed by atoms with van der Waals surface area (Å²) in [5, 5.41) is 3.39. The highest BCUT2D eigenvalue weighted by atomic mass is 35.5. The van der Waals surface area contributed by atoms with Crippen molar-refractivity contribution in [1.82, 2.24) is 5.32 Å². The van der Waals surface area contributed by atoms with Gasteiger partial charge in [-0.2, -0.15) is 0 Å². The van der Waals surface area contributed by atoms with E-state index < -0.39 is 0 Å². The minimum atomic E-state index is -0.230. The van der Waals surface area contributed by atoms with Crippen molar-refractivity contribution in [3.8, 4) is 0 Å². The lowest BCUT2D eigenvalue weighted by molar-refractivity contribution is 0.00578. The largest absolute Gasteiger partial charge is 0.490 e. The van der Waals surface area contributed by atoms with E-state index in [0.717, 1.165) is 13.0 Å². The summed E-state index contributed by atoms with van der Waals surface area (Å²) in [6, 6.07) is 0.419. The first kappa shape index (κ1) is 15.0. The van der Waals surface area contributed by atoms with Gasteiger partial charge in [-0.1, -0.05) is 6.08 Å². The summed E-state index contributed by atoms with van der Waals surface area (Å²) < 4.78 is 12.1. The van der Waals surface area contributed by atoms with Crippen LogP contribution in [0.5, 0.6) is 0 Å². The van der Waals surface area contributed by atoms with Gasteiger partial charge in [-0.3, -0.25) is 0 Å². The van der Waals surface area contributed by atoms with Crippen LogP contribution in [-0.2, 0) is 9.31 Å². The SMILES string of the molecule is CC1C=C(B2OC(C)(C)C(C)(C)O2)CCN1.Cl. The van der Waals surface area contributed by atoms with Crippen LogP contribution in [0.1, 0.15) is 41.0 Å². The molecular formula is C12H23BClNO2. The first-order chi connectivity index (χ1) is 7.32. The monoisotopic (exact) mass is 259 g/mol. The molecular weight excluding hydrogens is 236 g/mol. The highest BCUT2D eigenvalue weighted by Crippen LogP contribution is 2.39. The fourth-order valence-corrected chi connectivity index (χ4v) is 2.10. The van der Waals surface area contributed by atoms with Crippen LogP contribution in [0.4, 0.5) is 0 Å². The maximum atomic E-state index is 6.03. The van der Waals surface area contributed by atoms with E-state index in [2.05, 4.69) is 46.0 Å². The molecule has 0 aromatic heterocycles. The molecule has 0 saturated carbocycles. The van der Waals surface area contributed by atoms with Crippen LogP contribution in [0.15, 0.2) is 11.5 Å². The molecule has 2 rings (SSSR count). The van der Waals surface area contributed by atoms with Crippen molar-refractivity contribution in [1.29, 1.82) is 0 Å². The normalized spacial score (nSPS) is 30.8. The molecule has 2 heterocycles. The second kappa shape index (κ2) is 4.92. The van der Waals surface area contributed by atoms with Crippen molar-refractivity contribution >= 4 is 19.5 Å². The van der Waals surface area contributed by atoms with E-state index in [1.807, 2.05) is 0 Å². The molecule has 2 aliphatic rings. The van der Waals surface area contributed by atoms with Gasteiger partial charge >= 0.3 is 7.12 Å². The van der Waals surface area contributed by atoms with Crippen LogP contribution >= 0.6 is 12.4 Å². The maximum Gasteiger partial charge on any atom is 0.490 e. The molecule has 0 amide bonds. The Labute approximate surface area is 111 Å². The lowest BCUT2D eigenvalue weighted by atomic mass is 9.74. The molecule has 0 spiro atoms. The van der Waals surface area contributed by atoms with Gasteiger partial charge in [0.15, 0.2) is 0 Å². The van der Waals surface area contributed by atoms with Gasteiger partial charge in [0.25, 0.3) is 0 Å². The zero-order valence-corrected chi connectivity index (χ0v) is 12.2. The minimum absolute atomic E-state index is 0. The van der Waals surface area contributed by atoms with Gasteiger partial charge in [-0.05, 0) is 53.1 Å². The molecule has 3 nitrogen and oxygen atoms in total. The zero-order chi connectivity index (χ0) is 12.0. The molecule has 1 fully saturated rings. The Morgan fingerprint density at radius 1 is 1.24 bits per heavy atom. The van der Waals surface area contributed by atoms with Crippen molar-refractivity contribution < 1.29 is 9.31 Å². The Hall–Kier alpha value is -0.0251. The lowest BCUT2D eigenvalue weighted by Crippen LogP contribution is -2.41. The van der Waals surface area contributed by atoms with E-state index in [9.17, 15) is 0 Å². The molecule has 0 radical (unpaired) electrons. The highest BCUT2D eigenvalue weighted by Gasteiger charge is 2.52. The molecule has 2 aliphatic heterocycles. The molecule has 0 aromatic carbocycles. The third kappa shape index (κ3) is 2.87. The number of halogens is 1. The van der Waals surface area contributed by atoms with Gasteiger partial charge in [0.1, 0.15) is 0 Å². The van der Waals surface area contributed by atoms with Crippen LogP contribution in [-0.4, -0.2) is 30.9 Å². The van der Waals surface area contributed by atoms with Crippen LogP contribution in [0.2, 0.25) is 0 Å². The Bertz CT molecular complexity index is 302. The van der Waals surface area contributed by atoms with Crippen LogP contribution in [0.25, 0.3) is 0 Å². The van der Waals surface area contributed by atoms with E-state index in [0.29, 0.717) is 6.04 Å². The molecule has 17 heavy (non-hydrogen) atoms. The molecule has 1 saturated heterocycles. The van der Waals surface area contributed by atoms with Crippen molar-refractivity contribution in [3.63, 3.8) is 0 Å². The zero-order valence-electron chi connectivity index (χ0n) is 11.4. The number of hydrogen-bond donors (Lipinski definition) is 1. The van der Waals surface area contributed by atoms with Crippen molar-refractivity contribution in [2.45, 2.75) is 58.3 Å². The Morgan fingerprint density at radius 2 is 1.76 bits per heavy atom. The molecule has 1 N–H and O–H groups in total. The molecule has 1 atom stereocenters. The van der Waals surface area contributed by atoms with Crippen LogP contribution in [0.3, 0.4) is 0 Å². The molecule has 0 bridgehead atoms. The average Bonchev–Trinajstić information content (AvgIpc) is 2.36. The fourth-order valence-electron chi connectivity index (χ4n) is 2.10. The molecule has 0 aromatic rings. The smallest absolute Gasteiger partial charge is 0.400 e. The standard InChI is InChI=1S/C12H22BNO2.ClH/c1-9-8-10(6-7-14-9)13-15-11(2,3)12(4,5)16-13;/h8-9,14H,6-7H2,1-5H3;1H. The summed E-state index contributed by atoms with van der Waals surface area (Å²) in [5.41, 5.74) is 0.823. The predicted octanol–water partition coefficient (Wildman–Crippen LogP) is 2.35. The van der Waals surface area contributed by atoms with Gasteiger partial charge < -0.3 is 14.6 Å². The van der Waals surface area contributed by atoms with E-state index in [-0.39, 0.29) is 30.7 Å². The summed E-state index contributed by atoms with van der Waals surface area (Å²) >= 11 is 0. The second-order valence-corrected chi connectivity index (χ2v) is 5.82. The summed E-state index contributed by atoms with van der Waals surface area (Å²) in [6.07, 6.45) is 3.24. The Kier molecular flexibility index (Phi) is 4.35. The van der Waals surface area contributed by atoms with Gasteiger partial charge in [-0.25, -0.2) is 0 Å². The van der Waals surface area contributed by atoms with E-state index in [4.69, 9.17) is 9.31 Å². The molecule has 98 valence electrons. The van der Waals surface area contributed by atoms with Gasteiger partial charge in [0.05, 0.1) is 11.2 Å². The van der Waals surface area contributed by atoms with Crippen molar-refractivity contribution in [3.05, 3.63) is 11.5 Å². The topological polar surface area (TPSA) is 30.5 Å². The third-order valence-electron chi connectivity index (χ3n) is 3.90. The summed E-state index contributed by atoms with van der Waals surface area (Å²) in [4.78, 5) is 0. The number of hydrogen-bond acceptors (Lipinski definition) is 3. The Balaban J connectivity index is 0.00000144. The van der Waals surface area contributed by atoms with Crippen LogP contribution < -0.4 is 5.32 Å². The fraction of sp³-hybridized carbons (Fsp3) is 0.833. The van der Waals surface area contributed by atoms with E-state index >= 15 is 0 Å². The first-order valence-corrected chi connectivity index (χ1v) is 6.11. The number of rotatable bonds is 1. The van der Waals surface area contributed by atoms with Gasteiger partial charge in [0.2, 0.25) is 0 Å². The van der Waals surface area contributed by atoms with Crippen molar-refractivity contribution in [2.75, 3.05) is 6.54 Å². The van der Waals surface area contributed by atoms with Crippen LogP contribution in [0, 0.1) is 0 Å². The first-order valence-electron chi connectivity index (χ1n) is 6.11. The summed E-state index contributed by atoms with van der Waals surface area (Å²) in [6.45, 7) is 11.5. The molecule has 0 aliphatic carbocycles. The quantitative estimate of drug-likeness (QED) is 0.733. The van der Waals surface area contributed by atoms with E-state index in [1.165, 1.54) is 5.47 Å².